The fraction of sp³-hybridized carbons (Fsp3) is 0.318. The monoisotopic (exact) mass is 332 g/mol. The summed E-state index contributed by atoms with van der Waals surface area (Å²) in [4.78, 5) is 18.7. The molecule has 1 aromatic heterocycles. The van der Waals surface area contributed by atoms with Gasteiger partial charge in [-0.15, -0.1) is 0 Å². The number of likely N-dealkylation sites (tertiary alicyclic amines) is 1. The minimum absolute atomic E-state index is 0.125. The number of carbonyl (C=O) groups excluding carboxylic acids is 1. The molecular weight excluding hydrogens is 308 g/mol. The lowest BCUT2D eigenvalue weighted by Gasteiger charge is -2.30. The zero-order valence-electron chi connectivity index (χ0n) is 14.9. The van der Waals surface area contributed by atoms with Gasteiger partial charge in [0.25, 0.3) is 5.91 Å². The van der Waals surface area contributed by atoms with Gasteiger partial charge in [-0.3, -0.25) is 4.79 Å². The Balaban J connectivity index is 1.84. The summed E-state index contributed by atoms with van der Waals surface area (Å²) >= 11 is 0. The Kier molecular flexibility index (Phi) is 4.08. The molecule has 1 saturated heterocycles. The fourth-order valence-electron chi connectivity index (χ4n) is 3.74. The van der Waals surface area contributed by atoms with E-state index < -0.39 is 0 Å². The first-order valence-electron chi connectivity index (χ1n) is 9.10. The van der Waals surface area contributed by atoms with Crippen molar-refractivity contribution in [2.75, 3.05) is 13.1 Å². The molecular formula is C22H24N2O. The van der Waals surface area contributed by atoms with E-state index in [9.17, 15) is 4.79 Å². The SMILES string of the molecule is Cc1ccc2[nH]c(C(=O)N3CCC(C)CC3)c(-c3ccccc3)c2c1. The van der Waals surface area contributed by atoms with E-state index in [0.29, 0.717) is 5.92 Å². The minimum Gasteiger partial charge on any atom is -0.350 e. The van der Waals surface area contributed by atoms with Crippen molar-refractivity contribution in [2.24, 2.45) is 5.92 Å². The third-order valence-electron chi connectivity index (χ3n) is 5.30. The van der Waals surface area contributed by atoms with Crippen molar-refractivity contribution in [1.29, 1.82) is 0 Å². The summed E-state index contributed by atoms with van der Waals surface area (Å²) in [7, 11) is 0. The molecule has 3 nitrogen and oxygen atoms in total. The second-order valence-corrected chi connectivity index (χ2v) is 7.26. The van der Waals surface area contributed by atoms with Gasteiger partial charge in [-0.2, -0.15) is 0 Å². The molecule has 0 aliphatic carbocycles. The number of aromatic amines is 1. The van der Waals surface area contributed by atoms with Crippen molar-refractivity contribution in [3.05, 3.63) is 59.8 Å². The molecule has 0 saturated carbocycles. The highest BCUT2D eigenvalue weighted by molar-refractivity contribution is 6.09. The van der Waals surface area contributed by atoms with Crippen molar-refractivity contribution in [1.82, 2.24) is 9.88 Å². The van der Waals surface area contributed by atoms with E-state index in [4.69, 9.17) is 0 Å². The Bertz CT molecular complexity index is 902. The summed E-state index contributed by atoms with van der Waals surface area (Å²) in [6.45, 7) is 6.06. The number of piperidine rings is 1. The van der Waals surface area contributed by atoms with Crippen LogP contribution in [0.25, 0.3) is 22.0 Å². The largest absolute Gasteiger partial charge is 0.350 e. The summed E-state index contributed by atoms with van der Waals surface area (Å²) in [6, 6.07) is 16.6. The molecule has 1 aliphatic heterocycles. The molecule has 1 fully saturated rings. The molecule has 0 bridgehead atoms. The number of carbonyl (C=O) groups is 1. The van der Waals surface area contributed by atoms with Gasteiger partial charge in [0.05, 0.1) is 0 Å². The average Bonchev–Trinajstić information content (AvgIpc) is 3.01. The van der Waals surface area contributed by atoms with Gasteiger partial charge in [0.1, 0.15) is 5.69 Å². The molecule has 1 amide bonds. The van der Waals surface area contributed by atoms with Gasteiger partial charge >= 0.3 is 0 Å². The minimum atomic E-state index is 0.125. The first-order chi connectivity index (χ1) is 12.1. The van der Waals surface area contributed by atoms with E-state index >= 15 is 0 Å². The first-order valence-corrected chi connectivity index (χ1v) is 9.10. The van der Waals surface area contributed by atoms with Gasteiger partial charge in [-0.1, -0.05) is 48.9 Å². The Hall–Kier alpha value is -2.55. The second-order valence-electron chi connectivity index (χ2n) is 7.26. The van der Waals surface area contributed by atoms with E-state index in [0.717, 1.165) is 53.7 Å². The number of amides is 1. The van der Waals surface area contributed by atoms with Crippen LogP contribution in [0.4, 0.5) is 0 Å². The van der Waals surface area contributed by atoms with Crippen LogP contribution >= 0.6 is 0 Å². The van der Waals surface area contributed by atoms with Gasteiger partial charge in [0, 0.05) is 29.6 Å². The Morgan fingerprint density at radius 3 is 2.52 bits per heavy atom. The molecule has 128 valence electrons. The lowest BCUT2D eigenvalue weighted by Crippen LogP contribution is -2.38. The third kappa shape index (κ3) is 2.95. The molecule has 0 unspecified atom stereocenters. The second kappa shape index (κ2) is 6.40. The molecule has 2 aromatic carbocycles. The van der Waals surface area contributed by atoms with Gasteiger partial charge in [0.2, 0.25) is 0 Å². The number of hydrogen-bond acceptors (Lipinski definition) is 1. The van der Waals surface area contributed by atoms with Gasteiger partial charge < -0.3 is 9.88 Å². The van der Waals surface area contributed by atoms with Gasteiger partial charge in [-0.25, -0.2) is 0 Å². The third-order valence-corrected chi connectivity index (χ3v) is 5.30. The van der Waals surface area contributed by atoms with Gasteiger partial charge in [-0.05, 0) is 43.4 Å². The molecule has 4 rings (SSSR count). The highest BCUT2D eigenvalue weighted by atomic mass is 16.2. The van der Waals surface area contributed by atoms with E-state index in [2.05, 4.69) is 49.2 Å². The van der Waals surface area contributed by atoms with E-state index in [1.807, 2.05) is 23.1 Å². The number of aromatic nitrogens is 1. The van der Waals surface area contributed by atoms with E-state index in [1.165, 1.54) is 5.56 Å². The highest BCUT2D eigenvalue weighted by Gasteiger charge is 2.26. The summed E-state index contributed by atoms with van der Waals surface area (Å²) in [6.07, 6.45) is 2.18. The first kappa shape index (κ1) is 15.9. The number of benzene rings is 2. The number of fused-ring (bicyclic) bond motifs is 1. The van der Waals surface area contributed by atoms with Gasteiger partial charge in [0.15, 0.2) is 0 Å². The van der Waals surface area contributed by atoms with Crippen molar-refractivity contribution < 1.29 is 4.79 Å². The van der Waals surface area contributed by atoms with Crippen LogP contribution in [0.2, 0.25) is 0 Å². The molecule has 0 spiro atoms. The molecule has 0 radical (unpaired) electrons. The summed E-state index contributed by atoms with van der Waals surface area (Å²) in [5.41, 5.74) is 5.07. The maximum Gasteiger partial charge on any atom is 0.270 e. The molecule has 25 heavy (non-hydrogen) atoms. The van der Waals surface area contributed by atoms with Crippen molar-refractivity contribution in [3.8, 4) is 11.1 Å². The van der Waals surface area contributed by atoms with Crippen LogP contribution in [0.1, 0.15) is 35.8 Å². The van der Waals surface area contributed by atoms with Crippen LogP contribution in [0.5, 0.6) is 0 Å². The normalized spacial score (nSPS) is 15.7. The van der Waals surface area contributed by atoms with Crippen molar-refractivity contribution in [3.63, 3.8) is 0 Å². The predicted molar refractivity (Wildman–Crippen MR) is 103 cm³/mol. The summed E-state index contributed by atoms with van der Waals surface area (Å²) in [5, 5.41) is 1.12. The van der Waals surface area contributed by atoms with E-state index in [1.54, 1.807) is 0 Å². The average molecular weight is 332 g/mol. The summed E-state index contributed by atoms with van der Waals surface area (Å²) < 4.78 is 0. The van der Waals surface area contributed by atoms with Crippen molar-refractivity contribution in [2.45, 2.75) is 26.7 Å². The van der Waals surface area contributed by atoms with Crippen LogP contribution in [0.15, 0.2) is 48.5 Å². The standard InChI is InChI=1S/C22H24N2O/c1-15-10-12-24(13-11-15)22(25)21-20(17-6-4-3-5-7-17)18-14-16(2)8-9-19(18)23-21/h3-9,14-15,23H,10-13H2,1-2H3. The van der Waals surface area contributed by atoms with Crippen LogP contribution in [0.3, 0.4) is 0 Å². The highest BCUT2D eigenvalue weighted by Crippen LogP contribution is 2.34. The quantitative estimate of drug-likeness (QED) is 0.703. The molecule has 1 N–H and O–H groups in total. The molecule has 1 aliphatic rings. The molecule has 3 aromatic rings. The number of H-pyrrole nitrogens is 1. The van der Waals surface area contributed by atoms with Crippen LogP contribution in [0, 0.1) is 12.8 Å². The summed E-state index contributed by atoms with van der Waals surface area (Å²) in [5.74, 6) is 0.836. The topological polar surface area (TPSA) is 36.1 Å². The van der Waals surface area contributed by atoms with Crippen LogP contribution in [-0.2, 0) is 0 Å². The lowest BCUT2D eigenvalue weighted by molar-refractivity contribution is 0.0693. The van der Waals surface area contributed by atoms with Crippen LogP contribution < -0.4 is 0 Å². The molecule has 2 heterocycles. The Morgan fingerprint density at radius 2 is 1.80 bits per heavy atom. The van der Waals surface area contributed by atoms with E-state index in [-0.39, 0.29) is 5.91 Å². The fourth-order valence-corrected chi connectivity index (χ4v) is 3.74. The number of nitrogens with zero attached hydrogens (tertiary/aromatic N) is 1. The zero-order valence-corrected chi connectivity index (χ0v) is 14.9. The predicted octanol–water partition coefficient (Wildman–Crippen LogP) is 5.02. The molecule has 3 heteroatoms. The molecule has 0 atom stereocenters. The Labute approximate surface area is 148 Å². The number of nitrogens with one attached hydrogen (secondary N) is 1. The zero-order chi connectivity index (χ0) is 17.4. The number of aryl methyl sites for hydroxylation is 1. The lowest BCUT2D eigenvalue weighted by atomic mass is 9.97. The van der Waals surface area contributed by atoms with Crippen molar-refractivity contribution >= 4 is 16.8 Å². The smallest absolute Gasteiger partial charge is 0.270 e. The van der Waals surface area contributed by atoms with Crippen LogP contribution in [-0.4, -0.2) is 28.9 Å². The Morgan fingerprint density at radius 1 is 1.08 bits per heavy atom. The number of hydrogen-bond donors (Lipinski definition) is 1. The maximum absolute atomic E-state index is 13.2. The number of rotatable bonds is 2. The maximum atomic E-state index is 13.2.